The molecule has 6 aliphatic heterocycles. The van der Waals surface area contributed by atoms with Gasteiger partial charge in [0.2, 0.25) is 0 Å². The molecule has 0 bridgehead atoms. The molecule has 12 aromatic heterocycles. The van der Waals surface area contributed by atoms with Crippen molar-refractivity contribution < 1.29 is 151 Å². The summed E-state index contributed by atoms with van der Waals surface area (Å²) in [6, 6.07) is 0. The van der Waals surface area contributed by atoms with Crippen molar-refractivity contribution >= 4 is 151 Å². The van der Waals surface area contributed by atoms with E-state index in [0.717, 1.165) is 13.4 Å². The number of nitrogen functional groups attached to an aromatic ring is 4. The van der Waals surface area contributed by atoms with Crippen LogP contribution in [0.15, 0.2) is 75.9 Å². The Kier molecular flexibility index (Phi) is 29.2. The van der Waals surface area contributed by atoms with E-state index in [1.165, 1.54) is 128 Å². The third-order valence-corrected chi connectivity index (χ3v) is 29.7. The fourth-order valence-electron chi connectivity index (χ4n) is 16.7. The van der Waals surface area contributed by atoms with Crippen LogP contribution in [-0.2, 0) is 130 Å². The number of aromatic nitrogens is 24. The Morgan fingerprint density at radius 2 is 0.618 bits per heavy atom. The molecule has 12 aromatic rings. The van der Waals surface area contributed by atoms with Gasteiger partial charge < -0.3 is 134 Å². The third kappa shape index (κ3) is 19.6. The summed E-state index contributed by atoms with van der Waals surface area (Å²) < 4.78 is 166. The van der Waals surface area contributed by atoms with Gasteiger partial charge >= 0.3 is 36.7 Å². The number of nitrogens with zero attached hydrogens (tertiary/aromatic N) is 24. The molecule has 60 nitrogen and oxygen atoms in total. The normalized spacial score (nSPS) is 30.9. The highest BCUT2D eigenvalue weighted by Crippen LogP contribution is 2.58. The van der Waals surface area contributed by atoms with E-state index in [-0.39, 0.29) is 80.5 Å². The number of nitrogens with two attached hydrogens (primary N) is 4. The van der Waals surface area contributed by atoms with Crippen LogP contribution in [0.4, 0.5) is 23.3 Å². The summed E-state index contributed by atoms with van der Waals surface area (Å²) >= 11 is 11.1. The monoisotopic (exact) mass is 2040 g/mol. The van der Waals surface area contributed by atoms with Crippen LogP contribution in [0.5, 0.6) is 0 Å². The molecule has 6 fully saturated rings. The number of ether oxygens (including phenoxy) is 11. The number of phosphoric acid groups is 2. The fraction of sp³-hybridized carbons (Fsp3) is 0.565. The molecule has 18 heterocycles. The molecule has 29 unspecified atom stereocenters. The van der Waals surface area contributed by atoms with Gasteiger partial charge in [-0.05, 0) is 43.9 Å². The van der Waals surface area contributed by atoms with Crippen LogP contribution in [0.25, 0.3) is 67.0 Å². The Morgan fingerprint density at radius 1 is 0.338 bits per heavy atom. The van der Waals surface area contributed by atoms with Crippen LogP contribution in [0.3, 0.4) is 0 Å². The Labute approximate surface area is 775 Å². The van der Waals surface area contributed by atoms with Gasteiger partial charge in [0.15, 0.2) is 94.5 Å². The number of hydrogen-bond donors (Lipinski definition) is 13. The van der Waals surface area contributed by atoms with Gasteiger partial charge in [-0.1, -0.05) is 0 Å². The second-order valence-corrected chi connectivity index (χ2v) is 41.6. The Balaban J connectivity index is 0.000000189. The van der Waals surface area contributed by atoms with Crippen LogP contribution in [0.1, 0.15) is 55.2 Å². The van der Waals surface area contributed by atoms with E-state index in [1.54, 1.807) is 18.4 Å². The van der Waals surface area contributed by atoms with Crippen molar-refractivity contribution in [1.29, 1.82) is 0 Å². The lowest BCUT2D eigenvalue weighted by Gasteiger charge is -2.29. The average molecular weight is 2040 g/mol. The van der Waals surface area contributed by atoms with Crippen molar-refractivity contribution in [2.24, 2.45) is 0 Å². The second kappa shape index (κ2) is 40.1. The minimum absolute atomic E-state index is 0.00702. The summed E-state index contributed by atoms with van der Waals surface area (Å²) in [7, 11) is -6.66. The first kappa shape index (κ1) is 98.9. The molecule has 136 heavy (non-hydrogen) atoms. The van der Waals surface area contributed by atoms with Gasteiger partial charge in [-0.2, -0.15) is 0 Å². The molecular weight excluding hydrogens is 1950 g/mol. The number of aliphatic hydroxyl groups is 4. The smallest absolute Gasteiger partial charge is 0.394 e. The van der Waals surface area contributed by atoms with E-state index in [0.29, 0.717) is 33.7 Å². The number of hydrogen-bond acceptors (Lipinski definition) is 51. The SMILES string of the molecule is COC1C(CCP(=O)(O)OC)OC(n2cnc3c(N)ncnc32)C1OP(O)(=S)OCC1OC(n2cnc3c(N)ncnc32)C(OP(O)(=S)OCC2OC(n3cnc4c(C)ncnc43)C(O)C2O)C1OC.COC1C(CO)OC(n2cnc3c(N)ncnc32)C1OP(=O)(O)OCC1OC(n2cnc3c(N)ncnc32)C(OP(=O)(O)OCC2OC(n3cnc4c(C)ncnc43)C(OC)C2O)C1OC. The van der Waals surface area contributed by atoms with Gasteiger partial charge in [0.1, 0.15) is 175 Å². The summed E-state index contributed by atoms with van der Waals surface area (Å²) in [4.78, 5) is 132. The summed E-state index contributed by atoms with van der Waals surface area (Å²) in [6.07, 6.45) is -14.6. The molecule has 0 spiro atoms. The molecule has 29 atom stereocenters. The molecule has 0 radical (unpaired) electrons. The zero-order valence-corrected chi connectivity index (χ0v) is 78.3. The van der Waals surface area contributed by atoms with Gasteiger partial charge in [-0.25, -0.2) is 98.8 Å². The summed E-state index contributed by atoms with van der Waals surface area (Å²) in [6.45, 7) is -8.33. The number of methoxy groups -OCH3 is 5. The van der Waals surface area contributed by atoms with Crippen LogP contribution < -0.4 is 22.9 Å². The first-order valence-electron chi connectivity index (χ1n) is 40.7. The Bertz CT molecular complexity index is 6580. The number of anilines is 4. The molecule has 6 saturated heterocycles. The van der Waals surface area contributed by atoms with Crippen LogP contribution in [-0.4, -0.2) is 354 Å². The Morgan fingerprint density at radius 3 is 0.993 bits per heavy atom. The van der Waals surface area contributed by atoms with Crippen molar-refractivity contribution in [3.63, 3.8) is 0 Å². The molecule has 67 heteroatoms. The lowest BCUT2D eigenvalue weighted by Crippen LogP contribution is -2.38. The van der Waals surface area contributed by atoms with E-state index in [4.69, 9.17) is 139 Å². The first-order chi connectivity index (χ1) is 65.0. The molecule has 0 saturated carbocycles. The molecular formula is C69H91N28O32P5S2. The molecule has 0 aliphatic carbocycles. The van der Waals surface area contributed by atoms with Crippen molar-refractivity contribution in [1.82, 2.24) is 117 Å². The number of rotatable bonds is 36. The molecule has 0 amide bonds. The number of imidazole rings is 6. The standard InChI is InChI=1S/C35H47N14O16P3S2.C34H44N14O16P2/c1-15-19-30(41-9-38-15)47(12-44-19)33-23(51)22(50)17(62-33)7-59-67(54,69)65-27-25(57-3)18(63-35(27)49-14-46-21-29(37)40-11-43-32(21)49)8-60-68(55,70)64-26-24(56-2)16(5-6-66(52,53)58-4)61-34(26)48-13-45-20-28(36)39-10-42-31(20)48;1-14-18-29(40-8-37-14)46(11-43-18)32-24(57-4)21(50)16(61-32)6-58-65(51,52)64-26-23(56-3)17(62-34(26)48-13-45-20-28(36)39-10-42-31(20)48)7-59-66(53,54)63-25-22(55-2)15(5-49)60-33(25)47-12-44-19-27(35)38-9-41-30(19)47/h9-14,16-18,22-27,33-35,50-51H,5-8H2,1-4H3,(H,52,53)(H,54,69)(H,55,70)(H2,36,39,42)(H2,37,40,43);8-13,15-17,21-26,32-34,49-50H,5-7H2,1-4H3,(H,51,52)(H,53,54)(H2,35,38,41)(H2,36,39,42). The molecule has 736 valence electrons. The summed E-state index contributed by atoms with van der Waals surface area (Å²) in [5, 5.41) is 43.4. The minimum Gasteiger partial charge on any atom is -0.394 e. The molecule has 18 rings (SSSR count). The van der Waals surface area contributed by atoms with Gasteiger partial charge in [-0.3, -0.25) is 59.1 Å². The summed E-state index contributed by atoms with van der Waals surface area (Å²) in [5.41, 5.74) is 28.6. The van der Waals surface area contributed by atoms with E-state index in [1.807, 2.05) is 0 Å². The molecule has 0 aromatic carbocycles. The molecule has 6 aliphatic rings. The van der Waals surface area contributed by atoms with Gasteiger partial charge in [0.05, 0.1) is 94.7 Å². The summed E-state index contributed by atoms with van der Waals surface area (Å²) in [5.74, 6) is 0.188. The number of phosphoric ester groups is 2. The predicted octanol–water partition coefficient (Wildman–Crippen LogP) is -1.04. The maximum atomic E-state index is 13.9. The average Bonchev–Trinajstić information content (AvgIpc) is 1.63. The van der Waals surface area contributed by atoms with Gasteiger partial charge in [0.25, 0.3) is 0 Å². The zero-order valence-electron chi connectivity index (χ0n) is 72.2. The van der Waals surface area contributed by atoms with E-state index in [9.17, 15) is 58.6 Å². The Hall–Kier alpha value is -8.67. The van der Waals surface area contributed by atoms with Crippen LogP contribution >= 0.6 is 36.7 Å². The van der Waals surface area contributed by atoms with E-state index < -0.39 is 217 Å². The topological polar surface area (TPSA) is 784 Å². The fourth-order valence-corrected chi connectivity index (χ4v) is 22.2. The lowest BCUT2D eigenvalue weighted by molar-refractivity contribution is -0.0661. The maximum absolute atomic E-state index is 13.9. The van der Waals surface area contributed by atoms with Crippen LogP contribution in [0.2, 0.25) is 0 Å². The van der Waals surface area contributed by atoms with E-state index >= 15 is 0 Å². The lowest BCUT2D eigenvalue weighted by atomic mass is 10.1. The highest BCUT2D eigenvalue weighted by atomic mass is 32.5. The van der Waals surface area contributed by atoms with Gasteiger partial charge in [-0.15, -0.1) is 0 Å². The highest BCUT2D eigenvalue weighted by molar-refractivity contribution is 8.07. The maximum Gasteiger partial charge on any atom is 0.472 e. The third-order valence-electron chi connectivity index (χ3n) is 23.2. The number of aliphatic hydroxyl groups excluding tert-OH is 4. The second-order valence-electron chi connectivity index (χ2n) is 31.1. The largest absolute Gasteiger partial charge is 0.472 e. The van der Waals surface area contributed by atoms with Crippen molar-refractivity contribution in [3.8, 4) is 0 Å². The number of aryl methyl sites for hydroxylation is 2. The highest BCUT2D eigenvalue weighted by Gasteiger charge is 2.58. The predicted molar refractivity (Wildman–Crippen MR) is 464 cm³/mol. The minimum atomic E-state index is -5.17. The van der Waals surface area contributed by atoms with Crippen molar-refractivity contribution in [3.05, 3.63) is 87.3 Å². The van der Waals surface area contributed by atoms with E-state index in [2.05, 4.69) is 89.7 Å². The van der Waals surface area contributed by atoms with Crippen LogP contribution in [0, 0.1) is 13.8 Å². The molecule has 17 N–H and O–H groups in total. The number of fused-ring (bicyclic) bond motifs is 6. The zero-order chi connectivity index (χ0) is 96.5. The van der Waals surface area contributed by atoms with Crippen molar-refractivity contribution in [2.75, 3.05) is 105 Å². The first-order valence-corrected chi connectivity index (χ1v) is 50.7. The van der Waals surface area contributed by atoms with Crippen molar-refractivity contribution in [2.45, 2.75) is 168 Å². The van der Waals surface area contributed by atoms with Gasteiger partial charge in [0, 0.05) is 42.7 Å². The quantitative estimate of drug-likeness (QED) is 0.0209.